The van der Waals surface area contributed by atoms with Gasteiger partial charge in [-0.15, -0.1) is 0 Å². The molecule has 1 atom stereocenters. The largest absolute Gasteiger partial charge is 0.479 e. The first-order valence-corrected chi connectivity index (χ1v) is 8.86. The third-order valence-corrected chi connectivity index (χ3v) is 5.40. The minimum Gasteiger partial charge on any atom is -0.479 e. The molecule has 1 N–H and O–H groups in total. The summed E-state index contributed by atoms with van der Waals surface area (Å²) < 4.78 is 5.33. The molecular weight excluding hydrogens is 308 g/mol. The molecule has 132 valence electrons. The van der Waals surface area contributed by atoms with Crippen LogP contribution in [0.5, 0.6) is 0 Å². The Labute approximate surface area is 142 Å². The molecule has 1 fully saturated rings. The standard InChI is InChI=1S/C18H26N2O4/c1-19(13-5-3-2-4-6-13)10-8-16(21)20-11-7-15-14(9-12-24-15)17(20)18(22)23/h9,12-13,17H,2-8,10-11H2,1H3,(H,22,23). The first kappa shape index (κ1) is 17.0. The van der Waals surface area contributed by atoms with Gasteiger partial charge in [0.2, 0.25) is 5.91 Å². The molecule has 1 amide bonds. The fraction of sp³-hybridized carbons (Fsp3) is 0.667. The summed E-state index contributed by atoms with van der Waals surface area (Å²) in [7, 11) is 2.07. The average Bonchev–Trinajstić information content (AvgIpc) is 3.07. The van der Waals surface area contributed by atoms with Crippen LogP contribution in [0.2, 0.25) is 0 Å². The minimum atomic E-state index is -0.994. The summed E-state index contributed by atoms with van der Waals surface area (Å²) in [5.41, 5.74) is 0.614. The summed E-state index contributed by atoms with van der Waals surface area (Å²) in [5.74, 6) is -0.394. The summed E-state index contributed by atoms with van der Waals surface area (Å²) in [6.45, 7) is 1.09. The number of hydrogen-bond acceptors (Lipinski definition) is 4. The second-order valence-electron chi connectivity index (χ2n) is 6.90. The van der Waals surface area contributed by atoms with E-state index in [1.54, 1.807) is 6.07 Å². The first-order valence-electron chi connectivity index (χ1n) is 8.86. The highest BCUT2D eigenvalue weighted by molar-refractivity contribution is 5.85. The van der Waals surface area contributed by atoms with Crippen molar-refractivity contribution in [2.24, 2.45) is 0 Å². The number of hydrogen-bond donors (Lipinski definition) is 1. The monoisotopic (exact) mass is 334 g/mol. The molecule has 2 heterocycles. The van der Waals surface area contributed by atoms with Gasteiger partial charge in [-0.2, -0.15) is 0 Å². The molecule has 1 aliphatic carbocycles. The molecule has 3 rings (SSSR count). The number of carbonyl (C=O) groups excluding carboxylic acids is 1. The van der Waals surface area contributed by atoms with Crippen LogP contribution in [0.15, 0.2) is 16.7 Å². The lowest BCUT2D eigenvalue weighted by molar-refractivity contribution is -0.151. The van der Waals surface area contributed by atoms with Crippen LogP contribution in [-0.4, -0.2) is 53.0 Å². The van der Waals surface area contributed by atoms with Crippen LogP contribution in [0.25, 0.3) is 0 Å². The second kappa shape index (κ2) is 7.38. The maximum Gasteiger partial charge on any atom is 0.331 e. The van der Waals surface area contributed by atoms with Gasteiger partial charge in [0.25, 0.3) is 0 Å². The highest BCUT2D eigenvalue weighted by Gasteiger charge is 2.37. The number of furan rings is 1. The highest BCUT2D eigenvalue weighted by Crippen LogP contribution is 2.31. The molecule has 6 nitrogen and oxygen atoms in total. The number of carboxylic acids is 1. The molecule has 0 saturated heterocycles. The number of fused-ring (bicyclic) bond motifs is 1. The van der Waals surface area contributed by atoms with E-state index in [9.17, 15) is 14.7 Å². The van der Waals surface area contributed by atoms with Crippen LogP contribution < -0.4 is 0 Å². The van der Waals surface area contributed by atoms with E-state index in [1.165, 1.54) is 43.3 Å². The molecular formula is C18H26N2O4. The molecule has 0 aromatic carbocycles. The zero-order valence-corrected chi connectivity index (χ0v) is 14.2. The lowest BCUT2D eigenvalue weighted by atomic mass is 9.94. The van der Waals surface area contributed by atoms with E-state index in [4.69, 9.17) is 4.42 Å². The third kappa shape index (κ3) is 3.48. The van der Waals surface area contributed by atoms with E-state index in [-0.39, 0.29) is 5.91 Å². The number of aliphatic carboxylic acids is 1. The lowest BCUT2D eigenvalue weighted by Gasteiger charge is -2.34. The average molecular weight is 334 g/mol. The van der Waals surface area contributed by atoms with Crippen molar-refractivity contribution in [1.29, 1.82) is 0 Å². The molecule has 1 aliphatic heterocycles. The Morgan fingerprint density at radius 2 is 2.08 bits per heavy atom. The zero-order chi connectivity index (χ0) is 17.1. The van der Waals surface area contributed by atoms with Gasteiger partial charge in [0, 0.05) is 37.5 Å². The normalized spacial score (nSPS) is 21.8. The summed E-state index contributed by atoms with van der Waals surface area (Å²) in [6, 6.07) is 1.31. The lowest BCUT2D eigenvalue weighted by Crippen LogP contribution is -2.44. The Morgan fingerprint density at radius 1 is 1.33 bits per heavy atom. The molecule has 2 aliphatic rings. The molecule has 24 heavy (non-hydrogen) atoms. The Balaban J connectivity index is 1.61. The van der Waals surface area contributed by atoms with E-state index >= 15 is 0 Å². The smallest absolute Gasteiger partial charge is 0.331 e. The summed E-state index contributed by atoms with van der Waals surface area (Å²) >= 11 is 0. The van der Waals surface area contributed by atoms with Gasteiger partial charge in [-0.1, -0.05) is 19.3 Å². The Hall–Kier alpha value is -1.82. The van der Waals surface area contributed by atoms with Gasteiger partial charge < -0.3 is 19.3 Å². The quantitative estimate of drug-likeness (QED) is 0.895. The summed E-state index contributed by atoms with van der Waals surface area (Å²) in [5, 5.41) is 9.56. The van der Waals surface area contributed by atoms with Crippen LogP contribution >= 0.6 is 0 Å². The van der Waals surface area contributed by atoms with E-state index < -0.39 is 12.0 Å². The topological polar surface area (TPSA) is 74.0 Å². The van der Waals surface area contributed by atoms with Crippen molar-refractivity contribution in [2.45, 2.75) is 57.0 Å². The molecule has 0 bridgehead atoms. The Morgan fingerprint density at radius 3 is 2.79 bits per heavy atom. The van der Waals surface area contributed by atoms with Crippen molar-refractivity contribution in [1.82, 2.24) is 9.80 Å². The first-order chi connectivity index (χ1) is 11.6. The van der Waals surface area contributed by atoms with Gasteiger partial charge in [-0.25, -0.2) is 4.79 Å². The molecule has 1 unspecified atom stereocenters. The fourth-order valence-corrected chi connectivity index (χ4v) is 3.97. The number of rotatable bonds is 5. The van der Waals surface area contributed by atoms with Crippen molar-refractivity contribution >= 4 is 11.9 Å². The molecule has 1 aromatic rings. The molecule has 0 radical (unpaired) electrons. The predicted octanol–water partition coefficient (Wildman–Crippen LogP) is 2.44. The van der Waals surface area contributed by atoms with E-state index in [2.05, 4.69) is 11.9 Å². The second-order valence-corrected chi connectivity index (χ2v) is 6.90. The van der Waals surface area contributed by atoms with Crippen LogP contribution in [0.4, 0.5) is 0 Å². The van der Waals surface area contributed by atoms with Crippen molar-refractivity contribution in [3.63, 3.8) is 0 Å². The van der Waals surface area contributed by atoms with Crippen LogP contribution in [0.1, 0.15) is 55.9 Å². The molecule has 0 spiro atoms. The van der Waals surface area contributed by atoms with Crippen molar-refractivity contribution in [3.8, 4) is 0 Å². The number of amides is 1. The number of carbonyl (C=O) groups is 2. The predicted molar refractivity (Wildman–Crippen MR) is 88.6 cm³/mol. The molecule has 6 heteroatoms. The summed E-state index contributed by atoms with van der Waals surface area (Å²) in [6.07, 6.45) is 8.68. The summed E-state index contributed by atoms with van der Waals surface area (Å²) in [4.78, 5) is 28.1. The van der Waals surface area contributed by atoms with Crippen molar-refractivity contribution in [2.75, 3.05) is 20.1 Å². The van der Waals surface area contributed by atoms with Gasteiger partial charge in [0.15, 0.2) is 6.04 Å². The fourth-order valence-electron chi connectivity index (χ4n) is 3.97. The van der Waals surface area contributed by atoms with Gasteiger partial charge >= 0.3 is 5.97 Å². The van der Waals surface area contributed by atoms with Gasteiger partial charge in [-0.05, 0) is 26.0 Å². The van der Waals surface area contributed by atoms with Gasteiger partial charge in [0.05, 0.1) is 6.26 Å². The highest BCUT2D eigenvalue weighted by atomic mass is 16.4. The van der Waals surface area contributed by atoms with Gasteiger partial charge in [0.1, 0.15) is 5.76 Å². The Kier molecular flexibility index (Phi) is 5.23. The maximum absolute atomic E-state index is 12.6. The van der Waals surface area contributed by atoms with Crippen molar-refractivity contribution in [3.05, 3.63) is 23.7 Å². The van der Waals surface area contributed by atoms with E-state index in [0.29, 0.717) is 43.3 Å². The number of carboxylic acid groups (broad SMARTS) is 1. The van der Waals surface area contributed by atoms with E-state index in [1.807, 2.05) is 0 Å². The molecule has 1 saturated carbocycles. The van der Waals surface area contributed by atoms with Crippen LogP contribution in [0.3, 0.4) is 0 Å². The van der Waals surface area contributed by atoms with Crippen molar-refractivity contribution < 1.29 is 19.1 Å². The van der Waals surface area contributed by atoms with Crippen LogP contribution in [-0.2, 0) is 16.0 Å². The third-order valence-electron chi connectivity index (χ3n) is 5.40. The van der Waals surface area contributed by atoms with E-state index in [0.717, 1.165) is 0 Å². The van der Waals surface area contributed by atoms with Gasteiger partial charge in [-0.3, -0.25) is 4.79 Å². The maximum atomic E-state index is 12.6. The SMILES string of the molecule is CN(CCC(=O)N1CCc2occc2C1C(=O)O)C1CCCCC1. The minimum absolute atomic E-state index is 0.0862. The molecule has 1 aromatic heterocycles. The zero-order valence-electron chi connectivity index (χ0n) is 14.2. The van der Waals surface area contributed by atoms with Crippen LogP contribution in [0, 0.1) is 0 Å². The number of nitrogens with zero attached hydrogens (tertiary/aromatic N) is 2. The Bertz CT molecular complexity index is 592.